The van der Waals surface area contributed by atoms with E-state index in [4.69, 9.17) is 11.6 Å². The van der Waals surface area contributed by atoms with Crippen LogP contribution < -0.4 is 4.90 Å². The van der Waals surface area contributed by atoms with E-state index in [2.05, 4.69) is 10.1 Å². The van der Waals surface area contributed by atoms with E-state index in [1.54, 1.807) is 12.1 Å². The molecule has 19 heavy (non-hydrogen) atoms. The molecule has 1 unspecified atom stereocenters. The molecule has 3 heterocycles. The van der Waals surface area contributed by atoms with Gasteiger partial charge in [0.1, 0.15) is 11.2 Å². The molecule has 0 radical (unpaired) electrons. The summed E-state index contributed by atoms with van der Waals surface area (Å²) in [5, 5.41) is 13.5. The minimum absolute atomic E-state index is 0.0457. The molecule has 1 fully saturated rings. The molecular formula is C12H13ClN4O2. The highest BCUT2D eigenvalue weighted by molar-refractivity contribution is 6.28. The summed E-state index contributed by atoms with van der Waals surface area (Å²) in [7, 11) is 0. The standard InChI is InChI=1S/C12H13ClN4O2/c13-12-14-11(16-5-1-2-8(16)6-18)10-4-3-9(7-19)17(10)15-12/h3-4,7-8,18H,1-2,5-6H2. The van der Waals surface area contributed by atoms with Crippen LogP contribution in [-0.2, 0) is 0 Å². The van der Waals surface area contributed by atoms with Crippen LogP contribution in [-0.4, -0.2) is 45.2 Å². The number of hydrogen-bond donors (Lipinski definition) is 1. The lowest BCUT2D eigenvalue weighted by Crippen LogP contribution is -2.33. The van der Waals surface area contributed by atoms with Crippen LogP contribution in [0.4, 0.5) is 5.82 Å². The molecule has 1 aliphatic heterocycles. The van der Waals surface area contributed by atoms with Crippen molar-refractivity contribution in [1.29, 1.82) is 0 Å². The van der Waals surface area contributed by atoms with E-state index in [9.17, 15) is 9.90 Å². The van der Waals surface area contributed by atoms with Gasteiger partial charge < -0.3 is 10.0 Å². The Morgan fingerprint density at radius 1 is 1.53 bits per heavy atom. The lowest BCUT2D eigenvalue weighted by atomic mass is 10.2. The van der Waals surface area contributed by atoms with Gasteiger partial charge in [0.15, 0.2) is 12.1 Å². The molecule has 0 aromatic carbocycles. The van der Waals surface area contributed by atoms with Gasteiger partial charge in [0.25, 0.3) is 0 Å². The monoisotopic (exact) mass is 280 g/mol. The van der Waals surface area contributed by atoms with Gasteiger partial charge >= 0.3 is 0 Å². The van der Waals surface area contributed by atoms with Crippen LogP contribution in [0.5, 0.6) is 0 Å². The highest BCUT2D eigenvalue weighted by atomic mass is 35.5. The molecule has 0 saturated carbocycles. The fourth-order valence-corrected chi connectivity index (χ4v) is 2.74. The number of aromatic nitrogens is 3. The second-order valence-corrected chi connectivity index (χ2v) is 4.89. The first-order chi connectivity index (χ1) is 9.24. The zero-order chi connectivity index (χ0) is 13.4. The molecule has 0 spiro atoms. The van der Waals surface area contributed by atoms with Crippen molar-refractivity contribution in [2.45, 2.75) is 18.9 Å². The van der Waals surface area contributed by atoms with Gasteiger partial charge in [-0.15, -0.1) is 5.10 Å². The fraction of sp³-hybridized carbons (Fsp3) is 0.417. The molecule has 0 amide bonds. The Kier molecular flexibility index (Phi) is 3.12. The molecule has 6 nitrogen and oxygen atoms in total. The number of nitrogens with zero attached hydrogens (tertiary/aromatic N) is 4. The predicted octanol–water partition coefficient (Wildman–Crippen LogP) is 1.16. The van der Waals surface area contributed by atoms with Crippen molar-refractivity contribution >= 4 is 29.2 Å². The molecule has 0 bridgehead atoms. The van der Waals surface area contributed by atoms with E-state index in [1.807, 2.05) is 4.90 Å². The van der Waals surface area contributed by atoms with Gasteiger partial charge in [0, 0.05) is 6.54 Å². The summed E-state index contributed by atoms with van der Waals surface area (Å²) >= 11 is 5.93. The third kappa shape index (κ3) is 1.97. The van der Waals surface area contributed by atoms with E-state index in [0.717, 1.165) is 31.2 Å². The van der Waals surface area contributed by atoms with E-state index >= 15 is 0 Å². The molecule has 2 aromatic rings. The highest BCUT2D eigenvalue weighted by Gasteiger charge is 2.27. The summed E-state index contributed by atoms with van der Waals surface area (Å²) in [5.74, 6) is 0.671. The Labute approximate surface area is 114 Å². The Balaban J connectivity index is 2.17. The van der Waals surface area contributed by atoms with Crippen molar-refractivity contribution in [3.05, 3.63) is 23.1 Å². The van der Waals surface area contributed by atoms with Crippen LogP contribution in [0.25, 0.3) is 5.52 Å². The summed E-state index contributed by atoms with van der Waals surface area (Å²) in [6.45, 7) is 0.894. The largest absolute Gasteiger partial charge is 0.394 e. The average molecular weight is 281 g/mol. The third-order valence-corrected chi connectivity index (χ3v) is 3.64. The zero-order valence-electron chi connectivity index (χ0n) is 10.2. The molecule has 1 aliphatic rings. The van der Waals surface area contributed by atoms with Crippen molar-refractivity contribution in [1.82, 2.24) is 14.6 Å². The maximum absolute atomic E-state index is 11.0. The molecule has 1 N–H and O–H groups in total. The van der Waals surface area contributed by atoms with Gasteiger partial charge in [0.2, 0.25) is 5.28 Å². The minimum Gasteiger partial charge on any atom is -0.394 e. The topological polar surface area (TPSA) is 70.7 Å². The number of rotatable bonds is 3. The van der Waals surface area contributed by atoms with Gasteiger partial charge in [-0.25, -0.2) is 4.52 Å². The molecule has 1 atom stereocenters. The first-order valence-corrected chi connectivity index (χ1v) is 6.50. The van der Waals surface area contributed by atoms with Crippen molar-refractivity contribution in [2.24, 2.45) is 0 Å². The van der Waals surface area contributed by atoms with Gasteiger partial charge in [-0.3, -0.25) is 4.79 Å². The summed E-state index contributed by atoms with van der Waals surface area (Å²) in [6, 6.07) is 3.52. The van der Waals surface area contributed by atoms with E-state index < -0.39 is 0 Å². The van der Waals surface area contributed by atoms with Crippen LogP contribution in [0.1, 0.15) is 23.3 Å². The van der Waals surface area contributed by atoms with Gasteiger partial charge in [-0.2, -0.15) is 4.98 Å². The number of carbonyl (C=O) groups is 1. The second-order valence-electron chi connectivity index (χ2n) is 4.55. The molecule has 100 valence electrons. The number of halogens is 1. The minimum atomic E-state index is 0.0457. The first-order valence-electron chi connectivity index (χ1n) is 6.12. The van der Waals surface area contributed by atoms with Crippen molar-refractivity contribution < 1.29 is 9.90 Å². The number of anilines is 1. The fourth-order valence-electron chi connectivity index (χ4n) is 2.58. The van der Waals surface area contributed by atoms with Gasteiger partial charge in [-0.1, -0.05) is 0 Å². The number of aliphatic hydroxyl groups is 1. The van der Waals surface area contributed by atoms with Gasteiger partial charge in [-0.05, 0) is 36.6 Å². The lowest BCUT2D eigenvalue weighted by Gasteiger charge is -2.24. The summed E-state index contributed by atoms with van der Waals surface area (Å²) < 4.78 is 1.49. The summed E-state index contributed by atoms with van der Waals surface area (Å²) in [4.78, 5) is 17.3. The molecular weight excluding hydrogens is 268 g/mol. The number of fused-ring (bicyclic) bond motifs is 1. The SMILES string of the molecule is O=Cc1ccc2c(N3CCCC3CO)nc(Cl)nn12. The van der Waals surface area contributed by atoms with E-state index in [-0.39, 0.29) is 17.9 Å². The zero-order valence-corrected chi connectivity index (χ0v) is 10.9. The molecule has 2 aromatic heterocycles. The van der Waals surface area contributed by atoms with Crippen LogP contribution in [0.15, 0.2) is 12.1 Å². The summed E-state index contributed by atoms with van der Waals surface area (Å²) in [6.07, 6.45) is 2.65. The number of aliphatic hydroxyl groups excluding tert-OH is 1. The Morgan fingerprint density at radius 3 is 3.11 bits per heavy atom. The smallest absolute Gasteiger partial charge is 0.243 e. The Morgan fingerprint density at radius 2 is 2.37 bits per heavy atom. The average Bonchev–Trinajstić information content (AvgIpc) is 3.03. The third-order valence-electron chi connectivity index (χ3n) is 3.48. The van der Waals surface area contributed by atoms with Crippen LogP contribution >= 0.6 is 11.6 Å². The normalized spacial score (nSPS) is 19.3. The Hall–Kier alpha value is -1.66. The van der Waals surface area contributed by atoms with E-state index in [1.165, 1.54) is 4.52 Å². The van der Waals surface area contributed by atoms with Crippen LogP contribution in [0.2, 0.25) is 5.28 Å². The van der Waals surface area contributed by atoms with Crippen molar-refractivity contribution in [3.63, 3.8) is 0 Å². The molecule has 7 heteroatoms. The maximum atomic E-state index is 11.0. The quantitative estimate of drug-likeness (QED) is 0.854. The predicted molar refractivity (Wildman–Crippen MR) is 70.8 cm³/mol. The first kappa shape index (κ1) is 12.4. The molecule has 3 rings (SSSR count). The number of aldehydes is 1. The summed E-state index contributed by atoms with van der Waals surface area (Å²) in [5.41, 5.74) is 1.16. The molecule has 1 saturated heterocycles. The Bertz CT molecular complexity index is 627. The van der Waals surface area contributed by atoms with E-state index in [0.29, 0.717) is 11.5 Å². The van der Waals surface area contributed by atoms with Crippen LogP contribution in [0.3, 0.4) is 0 Å². The highest BCUT2D eigenvalue weighted by Crippen LogP contribution is 2.28. The maximum Gasteiger partial charge on any atom is 0.243 e. The number of carbonyl (C=O) groups excluding carboxylic acids is 1. The molecule has 0 aliphatic carbocycles. The van der Waals surface area contributed by atoms with Gasteiger partial charge in [0.05, 0.1) is 12.6 Å². The second kappa shape index (κ2) is 4.79. The number of hydrogen-bond acceptors (Lipinski definition) is 5. The lowest BCUT2D eigenvalue weighted by molar-refractivity contribution is 0.111. The van der Waals surface area contributed by atoms with Crippen molar-refractivity contribution in [3.8, 4) is 0 Å². The van der Waals surface area contributed by atoms with Crippen LogP contribution in [0, 0.1) is 0 Å². The van der Waals surface area contributed by atoms with Crippen molar-refractivity contribution in [2.75, 3.05) is 18.1 Å².